The largest absolute Gasteiger partial charge is 0.493 e. The number of carbonyl (C=O) groups is 2. The van der Waals surface area contributed by atoms with Crippen molar-refractivity contribution in [3.63, 3.8) is 0 Å². The molecule has 0 saturated heterocycles. The molecule has 27 heteroatoms. The van der Waals surface area contributed by atoms with Gasteiger partial charge in [0.15, 0.2) is 0 Å². The van der Waals surface area contributed by atoms with Crippen LogP contribution in [-0.4, -0.2) is 44.6 Å². The zero-order chi connectivity index (χ0) is 76.4. The number of anilines is 6. The predicted molar refractivity (Wildman–Crippen MR) is 438 cm³/mol. The summed E-state index contributed by atoms with van der Waals surface area (Å²) in [6, 6.07) is 28.4. The number of carbonyl (C=O) groups excluding carboxylic acids is 2. The van der Waals surface area contributed by atoms with Gasteiger partial charge in [-0.1, -0.05) is 270 Å². The van der Waals surface area contributed by atoms with Crippen molar-refractivity contribution in [3.8, 4) is 22.9 Å². The van der Waals surface area contributed by atoms with Gasteiger partial charge in [-0.05, 0) is 138 Å². The lowest BCUT2D eigenvalue weighted by Crippen LogP contribution is -2.26. The molecule has 2 heterocycles. The van der Waals surface area contributed by atoms with Crippen molar-refractivity contribution in [1.29, 1.82) is 0 Å². The summed E-state index contributed by atoms with van der Waals surface area (Å²) in [6.07, 6.45) is 4.62. The molecule has 14 nitrogen and oxygen atoms in total. The zero-order valence-electron chi connectivity index (χ0n) is 59.1. The Labute approximate surface area is 671 Å². The Bertz CT molecular complexity index is 4530. The minimum Gasteiger partial charge on any atom is -0.493 e. The normalized spacial score (nSPS) is 12.1. The van der Waals surface area contributed by atoms with Crippen LogP contribution in [0.25, 0.3) is 11.4 Å². The van der Waals surface area contributed by atoms with E-state index >= 15 is 9.59 Å². The molecule has 9 rings (SSSR count). The van der Waals surface area contributed by atoms with Gasteiger partial charge in [0.25, 0.3) is 11.1 Å². The lowest BCUT2D eigenvalue weighted by molar-refractivity contribution is -0.117. The maximum absolute atomic E-state index is 16.1. The van der Waals surface area contributed by atoms with Gasteiger partial charge in [-0.15, -0.1) is 0 Å². The van der Waals surface area contributed by atoms with Crippen LogP contribution in [0.1, 0.15) is 179 Å². The van der Waals surface area contributed by atoms with Gasteiger partial charge in [-0.2, -0.15) is 0 Å². The Morgan fingerprint density at radius 2 is 0.769 bits per heavy atom. The summed E-state index contributed by atoms with van der Waals surface area (Å²) in [6.45, 7) is 26.9. The summed E-state index contributed by atoms with van der Waals surface area (Å²) in [5.41, 5.74) is 2.64. The topological polar surface area (TPSA) is 176 Å². The fraction of sp³-hybridized carbons (Fsp3) is 0.351. The predicted octanol–water partition coefficient (Wildman–Crippen LogP) is 26.2. The van der Waals surface area contributed by atoms with Crippen molar-refractivity contribution < 1.29 is 19.1 Å². The van der Waals surface area contributed by atoms with E-state index in [1.54, 1.807) is 48.5 Å². The van der Waals surface area contributed by atoms with Crippen LogP contribution in [0.2, 0.25) is 65.3 Å². The van der Waals surface area contributed by atoms with Crippen molar-refractivity contribution in [2.75, 3.05) is 34.5 Å². The maximum Gasteiger partial charge on any atom is 0.277 e. The number of nitrogens with one attached hydrogen (secondary N) is 6. The molecule has 0 atom stereocenters. The molecule has 554 valence electrons. The van der Waals surface area contributed by atoms with E-state index in [1.165, 1.54) is 23.3 Å². The number of hydrogen-bond acceptors (Lipinski definition) is 8. The summed E-state index contributed by atoms with van der Waals surface area (Å²) in [4.78, 5) is 60.0. The Balaban J connectivity index is 1.11. The number of H-pyrrole nitrogens is 2. The number of amides is 2. The molecule has 9 aromatic rings. The number of rotatable bonds is 29. The van der Waals surface area contributed by atoms with E-state index < -0.39 is 17.0 Å². The third kappa shape index (κ3) is 17.8. The van der Waals surface area contributed by atoms with E-state index in [2.05, 4.69) is 139 Å². The minimum atomic E-state index is -1.54. The standard InChI is InChI=1S/C77H79Cl13N8O6/c1-13-74(5,6)40-23-31-51(45(35-40)76(9,10)15-3)103-33-17-19-53(99)91-43-27-29-47(79)49(37-43)93-70-56(72(101)97(95-70)68-64(87)60(83)58(81)61(84)65(68)88)55(39-21-25-42(78)26-22-39)57-71(96-98(73(57)102)69-66(89)62(85)59(82)63(86)67(69)90)94-50-38-44(28-30-48(50)80)92-54(100)20-18-34-104-52-32-24-41(75(7,8)14-2)36-46(52)77(11,12)16-4/h21-32,35-38,55,93-96H,13-20,33-34H2,1-12H3,(H,91,99)(H,92,100). The first-order valence-electron chi connectivity index (χ1n) is 33.7. The third-order valence-corrected chi connectivity index (χ3v) is 25.0. The van der Waals surface area contributed by atoms with Crippen molar-refractivity contribution in [3.05, 3.63) is 222 Å². The molecular formula is C77H79Cl13N8O6. The fourth-order valence-corrected chi connectivity index (χ4v) is 14.6. The van der Waals surface area contributed by atoms with E-state index in [0.29, 0.717) is 24.2 Å². The maximum atomic E-state index is 16.1. The first-order chi connectivity index (χ1) is 48.9. The summed E-state index contributed by atoms with van der Waals surface area (Å²) in [5.74, 6) is -0.948. The molecule has 0 saturated carbocycles. The molecule has 0 radical (unpaired) electrons. The monoisotopic (exact) mass is 1670 g/mol. The summed E-state index contributed by atoms with van der Waals surface area (Å²) >= 11 is 88.6. The van der Waals surface area contributed by atoms with E-state index in [4.69, 9.17) is 160 Å². The Kier molecular flexibility index (Phi) is 26.9. The van der Waals surface area contributed by atoms with Crippen LogP contribution in [0.5, 0.6) is 11.5 Å². The molecule has 7 aromatic carbocycles. The number of hydrogen-bond donors (Lipinski definition) is 6. The second-order valence-electron chi connectivity index (χ2n) is 27.9. The highest BCUT2D eigenvalue weighted by Gasteiger charge is 2.38. The van der Waals surface area contributed by atoms with Crippen LogP contribution in [0, 0.1) is 0 Å². The van der Waals surface area contributed by atoms with E-state index in [9.17, 15) is 9.59 Å². The number of ether oxygens (including phenoxy) is 2. The molecular weight excluding hydrogens is 1590 g/mol. The number of nitrogens with zero attached hydrogens (tertiary/aromatic N) is 2. The molecule has 2 amide bonds. The van der Waals surface area contributed by atoms with Gasteiger partial charge < -0.3 is 30.7 Å². The van der Waals surface area contributed by atoms with Gasteiger partial charge in [-0.25, -0.2) is 9.36 Å². The number of benzene rings is 7. The van der Waals surface area contributed by atoms with Gasteiger partial charge in [0.1, 0.15) is 34.5 Å². The number of aromatic nitrogens is 4. The smallest absolute Gasteiger partial charge is 0.277 e. The van der Waals surface area contributed by atoms with Crippen LogP contribution in [0.3, 0.4) is 0 Å². The zero-order valence-corrected chi connectivity index (χ0v) is 69.0. The highest BCUT2D eigenvalue weighted by molar-refractivity contribution is 6.57. The van der Waals surface area contributed by atoms with Crippen LogP contribution >= 0.6 is 151 Å². The van der Waals surface area contributed by atoms with Gasteiger partial charge in [0.05, 0.1) is 102 Å². The average molecular weight is 1670 g/mol. The van der Waals surface area contributed by atoms with Gasteiger partial charge in [-0.3, -0.25) is 29.4 Å². The lowest BCUT2D eigenvalue weighted by atomic mass is 9.76. The van der Waals surface area contributed by atoms with Gasteiger partial charge in [0, 0.05) is 40.4 Å². The van der Waals surface area contributed by atoms with Crippen LogP contribution < -0.4 is 41.9 Å². The van der Waals surface area contributed by atoms with Crippen molar-refractivity contribution in [2.45, 2.75) is 162 Å². The van der Waals surface area contributed by atoms with Crippen molar-refractivity contribution in [1.82, 2.24) is 19.6 Å². The van der Waals surface area contributed by atoms with E-state index in [-0.39, 0.29) is 176 Å². The molecule has 0 aliphatic rings. The molecule has 0 fully saturated rings. The van der Waals surface area contributed by atoms with Crippen molar-refractivity contribution in [2.24, 2.45) is 0 Å². The second kappa shape index (κ2) is 33.9. The third-order valence-electron chi connectivity index (χ3n) is 19.6. The summed E-state index contributed by atoms with van der Waals surface area (Å²) in [5, 5.41) is 16.5. The van der Waals surface area contributed by atoms with Gasteiger partial charge >= 0.3 is 0 Å². The highest BCUT2D eigenvalue weighted by atomic mass is 35.5. The molecule has 0 aliphatic carbocycles. The molecule has 0 unspecified atom stereocenters. The first-order valence-corrected chi connectivity index (χ1v) is 38.6. The second-order valence-corrected chi connectivity index (χ2v) is 32.9. The summed E-state index contributed by atoms with van der Waals surface area (Å²) in [7, 11) is 0. The Hall–Kier alpha value is -5.53. The van der Waals surface area contributed by atoms with E-state index in [0.717, 1.165) is 57.7 Å². The molecule has 0 bridgehead atoms. The van der Waals surface area contributed by atoms with Crippen LogP contribution in [0.4, 0.5) is 34.4 Å². The minimum absolute atomic E-state index is 0.0301. The van der Waals surface area contributed by atoms with Crippen LogP contribution in [-0.2, 0) is 31.2 Å². The molecule has 104 heavy (non-hydrogen) atoms. The average Bonchev–Trinajstić information content (AvgIpc) is 1.57. The first kappa shape index (κ1) is 82.5. The molecule has 0 aliphatic heterocycles. The quantitative estimate of drug-likeness (QED) is 0.0152. The highest BCUT2D eigenvalue weighted by Crippen LogP contribution is 2.50. The molecule has 6 N–H and O–H groups in total. The fourth-order valence-electron chi connectivity index (χ4n) is 11.6. The summed E-state index contributed by atoms with van der Waals surface area (Å²) < 4.78 is 14.7. The Morgan fingerprint density at radius 3 is 1.11 bits per heavy atom. The number of halogens is 13. The SMILES string of the molecule is CCC(C)(C)c1ccc(OCCCC(=O)Nc2ccc(Cl)c(Nc3[nH]n(-c4c(Cl)c(Cl)c(Cl)c(Cl)c4Cl)c(=O)c3C(c3ccc(Cl)cc3)c3c(Nc4cc(NC(=O)CCCOc5ccc(C(C)(C)CC)cc5C(C)(C)CC)ccc4Cl)[nH]n(-c4c(Cl)c(Cl)c(Cl)c(Cl)c4Cl)c3=O)c2)c(C(C)(C)CC)c1. The molecule has 2 aromatic heterocycles. The number of aromatic amines is 2. The van der Waals surface area contributed by atoms with E-state index in [1.807, 2.05) is 12.1 Å². The van der Waals surface area contributed by atoms with Gasteiger partial charge in [0.2, 0.25) is 11.8 Å². The Morgan fingerprint density at radius 1 is 0.433 bits per heavy atom. The molecule has 0 spiro atoms. The van der Waals surface area contributed by atoms with Crippen LogP contribution in [0.15, 0.2) is 107 Å². The van der Waals surface area contributed by atoms with Crippen molar-refractivity contribution >= 4 is 197 Å². The lowest BCUT2D eigenvalue weighted by Gasteiger charge is -2.30.